The first-order chi connectivity index (χ1) is 9.13. The molecular weight excluding hydrogens is 280 g/mol. The van der Waals surface area contributed by atoms with Crippen molar-refractivity contribution in [2.24, 2.45) is 0 Å². The van der Waals surface area contributed by atoms with Crippen LogP contribution in [0.15, 0.2) is 36.0 Å². The lowest BCUT2D eigenvalue weighted by atomic mass is 10.0. The predicted molar refractivity (Wildman–Crippen MR) is 77.3 cm³/mol. The zero-order valence-corrected chi connectivity index (χ0v) is 11.8. The number of nitrogens with zero attached hydrogens (tertiary/aromatic N) is 2. The van der Waals surface area contributed by atoms with Crippen molar-refractivity contribution < 1.29 is 4.79 Å². The Balaban J connectivity index is 1.86. The van der Waals surface area contributed by atoms with Crippen LogP contribution in [0.5, 0.6) is 0 Å². The molecular formula is C14H11ClN2OS. The summed E-state index contributed by atoms with van der Waals surface area (Å²) in [6, 6.07) is 5.33. The second kappa shape index (κ2) is 4.79. The lowest BCUT2D eigenvalue weighted by molar-refractivity contribution is 0.0991. The number of carbonyl (C=O) groups excluding carboxylic acids is 1. The van der Waals surface area contributed by atoms with Gasteiger partial charge in [-0.25, -0.2) is 4.98 Å². The van der Waals surface area contributed by atoms with E-state index in [1.165, 1.54) is 0 Å². The number of benzene rings is 1. The van der Waals surface area contributed by atoms with Gasteiger partial charge in [-0.3, -0.25) is 9.20 Å². The number of fused-ring (bicyclic) bond motifs is 1. The number of ketones is 1. The summed E-state index contributed by atoms with van der Waals surface area (Å²) in [6.07, 6.45) is 4.15. The van der Waals surface area contributed by atoms with Crippen LogP contribution in [0.3, 0.4) is 0 Å². The van der Waals surface area contributed by atoms with E-state index in [9.17, 15) is 4.79 Å². The molecule has 0 unspecified atom stereocenters. The van der Waals surface area contributed by atoms with E-state index in [-0.39, 0.29) is 5.78 Å². The molecule has 19 heavy (non-hydrogen) atoms. The standard InChI is InChI=1S/C14H11ClN2OS/c1-9-6-10(15)2-3-12(9)13(18)7-11-8-17-4-5-19-14(17)16-11/h2-6,8H,7H2,1H3. The van der Waals surface area contributed by atoms with E-state index < -0.39 is 0 Å². The third kappa shape index (κ3) is 2.41. The van der Waals surface area contributed by atoms with Gasteiger partial charge < -0.3 is 0 Å². The summed E-state index contributed by atoms with van der Waals surface area (Å²) in [4.78, 5) is 17.6. The maximum Gasteiger partial charge on any atom is 0.193 e. The molecule has 0 aliphatic rings. The van der Waals surface area contributed by atoms with E-state index in [2.05, 4.69) is 4.98 Å². The second-order valence-corrected chi connectivity index (χ2v) is 5.69. The van der Waals surface area contributed by atoms with Gasteiger partial charge in [0.05, 0.1) is 12.1 Å². The Kier molecular flexibility index (Phi) is 3.12. The second-order valence-electron chi connectivity index (χ2n) is 4.38. The van der Waals surface area contributed by atoms with E-state index >= 15 is 0 Å². The van der Waals surface area contributed by atoms with Gasteiger partial charge in [-0.05, 0) is 30.7 Å². The molecule has 0 saturated carbocycles. The number of rotatable bonds is 3. The number of hydrogen-bond donors (Lipinski definition) is 0. The van der Waals surface area contributed by atoms with E-state index in [1.807, 2.05) is 29.1 Å². The zero-order valence-electron chi connectivity index (χ0n) is 10.3. The van der Waals surface area contributed by atoms with Gasteiger partial charge in [0.2, 0.25) is 0 Å². The van der Waals surface area contributed by atoms with Crippen molar-refractivity contribution in [2.45, 2.75) is 13.3 Å². The Labute approximate surface area is 119 Å². The number of aryl methyl sites for hydroxylation is 1. The largest absolute Gasteiger partial charge is 0.297 e. The number of carbonyl (C=O) groups is 1. The van der Waals surface area contributed by atoms with Crippen LogP contribution in [-0.4, -0.2) is 15.2 Å². The van der Waals surface area contributed by atoms with Crippen molar-refractivity contribution in [3.8, 4) is 0 Å². The molecule has 96 valence electrons. The van der Waals surface area contributed by atoms with Crippen molar-refractivity contribution >= 4 is 33.7 Å². The average Bonchev–Trinajstić information content (AvgIpc) is 2.89. The molecule has 0 atom stereocenters. The fraction of sp³-hybridized carbons (Fsp3) is 0.143. The van der Waals surface area contributed by atoms with Crippen molar-refractivity contribution in [3.63, 3.8) is 0 Å². The highest BCUT2D eigenvalue weighted by Gasteiger charge is 2.12. The number of Topliss-reactive ketones (excluding diaryl/α,β-unsaturated/α-hetero) is 1. The third-order valence-corrected chi connectivity index (χ3v) is 3.98. The van der Waals surface area contributed by atoms with Gasteiger partial charge in [0.15, 0.2) is 10.7 Å². The molecule has 0 bridgehead atoms. The molecule has 0 fully saturated rings. The average molecular weight is 291 g/mol. The normalized spacial score (nSPS) is 11.1. The monoisotopic (exact) mass is 290 g/mol. The van der Waals surface area contributed by atoms with Crippen molar-refractivity contribution in [1.29, 1.82) is 0 Å². The smallest absolute Gasteiger partial charge is 0.193 e. The van der Waals surface area contributed by atoms with Crippen molar-refractivity contribution in [2.75, 3.05) is 0 Å². The molecule has 0 aliphatic heterocycles. The minimum Gasteiger partial charge on any atom is -0.297 e. The lowest BCUT2D eigenvalue weighted by Gasteiger charge is -2.03. The fourth-order valence-electron chi connectivity index (χ4n) is 2.06. The van der Waals surface area contributed by atoms with Crippen molar-refractivity contribution in [1.82, 2.24) is 9.38 Å². The number of imidazole rings is 1. The number of hydrogen-bond acceptors (Lipinski definition) is 3. The summed E-state index contributed by atoms with van der Waals surface area (Å²) in [5, 5.41) is 2.62. The zero-order chi connectivity index (χ0) is 13.4. The van der Waals surface area contributed by atoms with Gasteiger partial charge in [0, 0.05) is 28.4 Å². The lowest BCUT2D eigenvalue weighted by Crippen LogP contribution is -2.05. The molecule has 1 aromatic carbocycles. The quantitative estimate of drug-likeness (QED) is 0.688. The highest BCUT2D eigenvalue weighted by atomic mass is 35.5. The maximum absolute atomic E-state index is 12.3. The molecule has 3 rings (SSSR count). The summed E-state index contributed by atoms with van der Waals surface area (Å²) >= 11 is 7.45. The first kappa shape index (κ1) is 12.4. The van der Waals surface area contributed by atoms with Gasteiger partial charge >= 0.3 is 0 Å². The van der Waals surface area contributed by atoms with E-state index in [0.29, 0.717) is 17.0 Å². The Bertz CT molecular complexity index is 731. The Morgan fingerprint density at radius 3 is 3.05 bits per heavy atom. The summed E-state index contributed by atoms with van der Waals surface area (Å²) < 4.78 is 1.93. The van der Waals surface area contributed by atoms with Crippen LogP contribution in [0, 0.1) is 6.92 Å². The molecule has 0 saturated heterocycles. The summed E-state index contributed by atoms with van der Waals surface area (Å²) in [6.45, 7) is 1.89. The minimum absolute atomic E-state index is 0.0694. The Morgan fingerprint density at radius 1 is 1.47 bits per heavy atom. The van der Waals surface area contributed by atoms with Crippen LogP contribution < -0.4 is 0 Å². The Hall–Kier alpha value is -1.65. The van der Waals surface area contributed by atoms with E-state index in [4.69, 9.17) is 11.6 Å². The van der Waals surface area contributed by atoms with Gasteiger partial charge in [-0.15, -0.1) is 11.3 Å². The molecule has 2 aromatic heterocycles. The van der Waals surface area contributed by atoms with Crippen molar-refractivity contribution in [3.05, 3.63) is 57.8 Å². The van der Waals surface area contributed by atoms with Crippen LogP contribution in [0.4, 0.5) is 0 Å². The molecule has 0 N–H and O–H groups in total. The first-order valence-corrected chi connectivity index (χ1v) is 7.09. The number of aromatic nitrogens is 2. The maximum atomic E-state index is 12.3. The fourth-order valence-corrected chi connectivity index (χ4v) is 3.01. The van der Waals surface area contributed by atoms with E-state index in [0.717, 1.165) is 16.2 Å². The summed E-state index contributed by atoms with van der Waals surface area (Å²) in [5.41, 5.74) is 2.41. The summed E-state index contributed by atoms with van der Waals surface area (Å²) in [5.74, 6) is 0.0694. The predicted octanol–water partition coefficient (Wildman–Crippen LogP) is 3.78. The van der Waals surface area contributed by atoms with Gasteiger partial charge in [0.1, 0.15) is 0 Å². The topological polar surface area (TPSA) is 34.4 Å². The van der Waals surface area contributed by atoms with Crippen LogP contribution in [-0.2, 0) is 6.42 Å². The van der Waals surface area contributed by atoms with Crippen LogP contribution >= 0.6 is 22.9 Å². The van der Waals surface area contributed by atoms with Gasteiger partial charge in [-0.1, -0.05) is 11.6 Å². The van der Waals surface area contributed by atoms with Crippen LogP contribution in [0.2, 0.25) is 5.02 Å². The third-order valence-electron chi connectivity index (χ3n) is 2.97. The molecule has 0 amide bonds. The first-order valence-electron chi connectivity index (χ1n) is 5.84. The molecule has 0 aliphatic carbocycles. The van der Waals surface area contributed by atoms with Crippen LogP contribution in [0.25, 0.3) is 4.96 Å². The Morgan fingerprint density at radius 2 is 2.32 bits per heavy atom. The number of halogens is 1. The molecule has 0 radical (unpaired) electrons. The summed E-state index contributed by atoms with van der Waals surface area (Å²) in [7, 11) is 0. The molecule has 0 spiro atoms. The molecule has 3 nitrogen and oxygen atoms in total. The molecule has 2 heterocycles. The SMILES string of the molecule is Cc1cc(Cl)ccc1C(=O)Cc1cn2ccsc2n1. The van der Waals surface area contributed by atoms with Crippen LogP contribution in [0.1, 0.15) is 21.6 Å². The van der Waals surface area contributed by atoms with Gasteiger partial charge in [-0.2, -0.15) is 0 Å². The minimum atomic E-state index is 0.0694. The van der Waals surface area contributed by atoms with Gasteiger partial charge in [0.25, 0.3) is 0 Å². The highest BCUT2D eigenvalue weighted by Crippen LogP contribution is 2.18. The molecule has 3 aromatic rings. The number of thiazole rings is 1. The molecule has 5 heteroatoms. The highest BCUT2D eigenvalue weighted by molar-refractivity contribution is 7.15. The van der Waals surface area contributed by atoms with E-state index in [1.54, 1.807) is 29.5 Å².